The molecule has 12 heavy (non-hydrogen) atoms. The Kier molecular flexibility index (Phi) is 1.89. The van der Waals surface area contributed by atoms with Crippen molar-refractivity contribution < 1.29 is 0 Å². The fraction of sp³-hybridized carbons (Fsp3) is 0.455. The fourth-order valence-electron chi connectivity index (χ4n) is 1.79. The maximum atomic E-state index is 5.82. The molecule has 1 nitrogen and oxygen atoms in total. The van der Waals surface area contributed by atoms with Crippen LogP contribution in [0.3, 0.4) is 0 Å². The Labute approximate surface area is 73.6 Å². The van der Waals surface area contributed by atoms with Crippen LogP contribution in [0.4, 0.5) is 0 Å². The lowest BCUT2D eigenvalue weighted by atomic mass is 10.0. The van der Waals surface area contributed by atoms with Gasteiger partial charge >= 0.3 is 0 Å². The quantitative estimate of drug-likeness (QED) is 0.706. The second-order valence-electron chi connectivity index (χ2n) is 3.56. The van der Waals surface area contributed by atoms with Crippen molar-refractivity contribution in [2.75, 3.05) is 0 Å². The Morgan fingerprint density at radius 3 is 2.67 bits per heavy atom. The van der Waals surface area contributed by atoms with E-state index in [4.69, 9.17) is 5.73 Å². The Bertz CT molecular complexity index is 280. The van der Waals surface area contributed by atoms with E-state index in [0.717, 1.165) is 6.42 Å². The molecular formula is C11H15N. The molecule has 2 rings (SSSR count). The molecule has 0 spiro atoms. The molecule has 0 aromatic heterocycles. The van der Waals surface area contributed by atoms with Gasteiger partial charge in [-0.2, -0.15) is 0 Å². The van der Waals surface area contributed by atoms with Gasteiger partial charge in [-0.1, -0.05) is 31.2 Å². The van der Waals surface area contributed by atoms with Crippen LogP contribution in [0, 0.1) is 0 Å². The Morgan fingerprint density at radius 2 is 2.08 bits per heavy atom. The Hall–Kier alpha value is -0.820. The second-order valence-corrected chi connectivity index (χ2v) is 3.56. The van der Waals surface area contributed by atoms with Gasteiger partial charge < -0.3 is 5.73 Å². The standard InChI is InChI=1S/C11H15N/c1-2-8-5-3-4-6-9(8)10-7-11(10)12/h3-6,10-11H,2,7,12H2,1H3. The molecule has 1 aromatic carbocycles. The summed E-state index contributed by atoms with van der Waals surface area (Å²) in [6, 6.07) is 9.07. The van der Waals surface area contributed by atoms with Crippen LogP contribution in [-0.2, 0) is 6.42 Å². The first-order valence-electron chi connectivity index (χ1n) is 4.66. The number of nitrogens with two attached hydrogens (primary N) is 1. The molecule has 1 saturated carbocycles. The highest BCUT2D eigenvalue weighted by molar-refractivity contribution is 5.35. The third-order valence-electron chi connectivity index (χ3n) is 2.68. The normalized spacial score (nSPS) is 27.2. The molecule has 1 aliphatic carbocycles. The van der Waals surface area contributed by atoms with Gasteiger partial charge in [0, 0.05) is 12.0 Å². The average molecular weight is 161 g/mol. The zero-order valence-electron chi connectivity index (χ0n) is 7.46. The largest absolute Gasteiger partial charge is 0.327 e. The lowest BCUT2D eigenvalue weighted by Crippen LogP contribution is -2.02. The van der Waals surface area contributed by atoms with Gasteiger partial charge in [-0.15, -0.1) is 0 Å². The zero-order chi connectivity index (χ0) is 8.55. The monoisotopic (exact) mass is 161 g/mol. The molecule has 2 unspecified atom stereocenters. The Balaban J connectivity index is 2.29. The highest BCUT2D eigenvalue weighted by atomic mass is 14.7. The lowest BCUT2D eigenvalue weighted by molar-refractivity contribution is 0.960. The fourth-order valence-corrected chi connectivity index (χ4v) is 1.79. The lowest BCUT2D eigenvalue weighted by Gasteiger charge is -2.05. The first-order chi connectivity index (χ1) is 5.83. The minimum Gasteiger partial charge on any atom is -0.327 e. The van der Waals surface area contributed by atoms with Crippen LogP contribution in [0.2, 0.25) is 0 Å². The van der Waals surface area contributed by atoms with Gasteiger partial charge in [0.15, 0.2) is 0 Å². The van der Waals surface area contributed by atoms with E-state index in [1.807, 2.05) is 0 Å². The number of rotatable bonds is 2. The molecule has 0 saturated heterocycles. The van der Waals surface area contributed by atoms with Crippen LogP contribution >= 0.6 is 0 Å². The molecule has 2 atom stereocenters. The van der Waals surface area contributed by atoms with Crippen molar-refractivity contribution in [2.24, 2.45) is 5.73 Å². The van der Waals surface area contributed by atoms with Crippen molar-refractivity contribution in [3.05, 3.63) is 35.4 Å². The van der Waals surface area contributed by atoms with Gasteiger partial charge in [0.05, 0.1) is 0 Å². The molecule has 0 amide bonds. The van der Waals surface area contributed by atoms with Crippen LogP contribution in [0.25, 0.3) is 0 Å². The van der Waals surface area contributed by atoms with Crippen molar-refractivity contribution in [2.45, 2.75) is 31.7 Å². The highest BCUT2D eigenvalue weighted by Crippen LogP contribution is 2.40. The molecule has 1 aromatic rings. The zero-order valence-corrected chi connectivity index (χ0v) is 7.46. The molecule has 1 aliphatic rings. The highest BCUT2D eigenvalue weighted by Gasteiger charge is 2.35. The SMILES string of the molecule is CCc1ccccc1C1CC1N. The second kappa shape index (κ2) is 2.91. The minimum atomic E-state index is 0.428. The molecule has 0 bridgehead atoms. The minimum absolute atomic E-state index is 0.428. The van der Waals surface area contributed by atoms with Crippen LogP contribution in [-0.4, -0.2) is 6.04 Å². The Morgan fingerprint density at radius 1 is 1.42 bits per heavy atom. The maximum Gasteiger partial charge on any atom is 0.0115 e. The van der Waals surface area contributed by atoms with E-state index in [9.17, 15) is 0 Å². The molecule has 0 aliphatic heterocycles. The third kappa shape index (κ3) is 1.25. The molecule has 1 heteroatoms. The van der Waals surface area contributed by atoms with Gasteiger partial charge in [-0.3, -0.25) is 0 Å². The molecule has 0 heterocycles. The van der Waals surface area contributed by atoms with Crippen LogP contribution < -0.4 is 5.73 Å². The van der Waals surface area contributed by atoms with Crippen molar-refractivity contribution in [3.63, 3.8) is 0 Å². The van der Waals surface area contributed by atoms with E-state index in [2.05, 4.69) is 31.2 Å². The van der Waals surface area contributed by atoms with E-state index in [1.54, 1.807) is 0 Å². The summed E-state index contributed by atoms with van der Waals surface area (Å²) in [5.41, 5.74) is 8.77. The number of benzene rings is 1. The summed E-state index contributed by atoms with van der Waals surface area (Å²) in [5.74, 6) is 0.654. The summed E-state index contributed by atoms with van der Waals surface area (Å²) < 4.78 is 0. The molecule has 1 fully saturated rings. The van der Waals surface area contributed by atoms with Crippen molar-refractivity contribution in [1.29, 1.82) is 0 Å². The molecule has 64 valence electrons. The van der Waals surface area contributed by atoms with Gasteiger partial charge in [0.2, 0.25) is 0 Å². The van der Waals surface area contributed by atoms with Crippen molar-refractivity contribution in [3.8, 4) is 0 Å². The van der Waals surface area contributed by atoms with Crippen LogP contribution in [0.15, 0.2) is 24.3 Å². The van der Waals surface area contributed by atoms with Gasteiger partial charge in [-0.05, 0) is 24.0 Å². The summed E-state index contributed by atoms with van der Waals surface area (Å²) in [5, 5.41) is 0. The van der Waals surface area contributed by atoms with Gasteiger partial charge in [-0.25, -0.2) is 0 Å². The summed E-state index contributed by atoms with van der Waals surface area (Å²) >= 11 is 0. The third-order valence-corrected chi connectivity index (χ3v) is 2.68. The first kappa shape index (κ1) is 7.81. The molecule has 0 radical (unpaired) electrons. The first-order valence-corrected chi connectivity index (χ1v) is 4.66. The molecule has 2 N–H and O–H groups in total. The van der Waals surface area contributed by atoms with Crippen molar-refractivity contribution in [1.82, 2.24) is 0 Å². The number of aryl methyl sites for hydroxylation is 1. The average Bonchev–Trinajstić information content (AvgIpc) is 2.83. The summed E-state index contributed by atoms with van der Waals surface area (Å²) in [6.45, 7) is 2.20. The summed E-state index contributed by atoms with van der Waals surface area (Å²) in [6.07, 6.45) is 2.30. The van der Waals surface area contributed by atoms with E-state index in [-0.39, 0.29) is 0 Å². The van der Waals surface area contributed by atoms with Crippen LogP contribution in [0.5, 0.6) is 0 Å². The van der Waals surface area contributed by atoms with E-state index >= 15 is 0 Å². The number of hydrogen-bond donors (Lipinski definition) is 1. The topological polar surface area (TPSA) is 26.0 Å². The van der Waals surface area contributed by atoms with E-state index in [0.29, 0.717) is 12.0 Å². The van der Waals surface area contributed by atoms with Gasteiger partial charge in [0.1, 0.15) is 0 Å². The number of hydrogen-bond acceptors (Lipinski definition) is 1. The predicted octanol–water partition coefficient (Wildman–Crippen LogP) is 2.06. The summed E-state index contributed by atoms with van der Waals surface area (Å²) in [4.78, 5) is 0. The predicted molar refractivity (Wildman–Crippen MR) is 51.2 cm³/mol. The van der Waals surface area contributed by atoms with Crippen molar-refractivity contribution >= 4 is 0 Å². The van der Waals surface area contributed by atoms with E-state index < -0.39 is 0 Å². The smallest absolute Gasteiger partial charge is 0.0115 e. The maximum absolute atomic E-state index is 5.82. The summed E-state index contributed by atoms with van der Waals surface area (Å²) in [7, 11) is 0. The molecular weight excluding hydrogens is 146 g/mol. The van der Waals surface area contributed by atoms with E-state index in [1.165, 1.54) is 17.5 Å². The van der Waals surface area contributed by atoms with Crippen LogP contribution in [0.1, 0.15) is 30.4 Å². The van der Waals surface area contributed by atoms with Gasteiger partial charge in [0.25, 0.3) is 0 Å².